The summed E-state index contributed by atoms with van der Waals surface area (Å²) in [4.78, 5) is 29.3. The maximum Gasteiger partial charge on any atom is 0.323 e. The minimum absolute atomic E-state index is 0.0982. The van der Waals surface area contributed by atoms with Crippen molar-refractivity contribution < 1.29 is 19.4 Å². The van der Waals surface area contributed by atoms with Crippen LogP contribution in [0.2, 0.25) is 0 Å². The zero-order valence-corrected chi connectivity index (χ0v) is 13.6. The molecule has 0 bridgehead atoms. The predicted octanol–water partition coefficient (Wildman–Crippen LogP) is 1.90. The lowest BCUT2D eigenvalue weighted by molar-refractivity contribution is -0.148. The van der Waals surface area contributed by atoms with Crippen molar-refractivity contribution in [1.29, 1.82) is 0 Å². The number of ether oxygens (including phenoxy) is 1. The summed E-state index contributed by atoms with van der Waals surface area (Å²) < 4.78 is 6.75. The number of carbonyl (C=O) groups is 2. The Morgan fingerprint density at radius 1 is 1.42 bits per heavy atom. The van der Waals surface area contributed by atoms with Crippen LogP contribution in [0.1, 0.15) is 19.8 Å². The van der Waals surface area contributed by atoms with Gasteiger partial charge in [0.1, 0.15) is 6.54 Å². The quantitative estimate of drug-likeness (QED) is 0.842. The summed E-state index contributed by atoms with van der Waals surface area (Å²) in [6, 6.07) is 5.78. The molecule has 1 fully saturated rings. The van der Waals surface area contributed by atoms with Gasteiger partial charge < -0.3 is 19.3 Å². The van der Waals surface area contributed by atoms with Crippen LogP contribution in [0.25, 0.3) is 11.0 Å². The molecule has 24 heavy (non-hydrogen) atoms. The highest BCUT2D eigenvalue weighted by Crippen LogP contribution is 2.27. The van der Waals surface area contributed by atoms with Gasteiger partial charge in [-0.15, -0.1) is 0 Å². The summed E-state index contributed by atoms with van der Waals surface area (Å²) in [6.07, 6.45) is 3.33. The molecule has 2 aromatic rings. The van der Waals surface area contributed by atoms with Gasteiger partial charge in [-0.2, -0.15) is 0 Å². The molecule has 0 saturated carbocycles. The van der Waals surface area contributed by atoms with Gasteiger partial charge in [-0.3, -0.25) is 9.59 Å². The second-order valence-corrected chi connectivity index (χ2v) is 5.98. The number of carboxylic acids is 1. The van der Waals surface area contributed by atoms with E-state index in [1.54, 1.807) is 10.9 Å². The molecular formula is C17H21N3O4. The van der Waals surface area contributed by atoms with Crippen molar-refractivity contribution >= 4 is 28.7 Å². The average molecular weight is 331 g/mol. The molecule has 2 heterocycles. The fourth-order valence-electron chi connectivity index (χ4n) is 3.18. The Balaban J connectivity index is 1.79. The fourth-order valence-corrected chi connectivity index (χ4v) is 3.18. The second kappa shape index (κ2) is 6.90. The van der Waals surface area contributed by atoms with Crippen molar-refractivity contribution in [3.63, 3.8) is 0 Å². The molecule has 1 aliphatic rings. The number of aromatic nitrogens is 2. The molecule has 1 unspecified atom stereocenters. The van der Waals surface area contributed by atoms with Crippen LogP contribution < -0.4 is 4.90 Å². The highest BCUT2D eigenvalue weighted by molar-refractivity contribution is 5.81. The van der Waals surface area contributed by atoms with Gasteiger partial charge in [0.15, 0.2) is 0 Å². The van der Waals surface area contributed by atoms with E-state index in [4.69, 9.17) is 9.84 Å². The van der Waals surface area contributed by atoms with Gasteiger partial charge in [0.25, 0.3) is 0 Å². The first-order valence-corrected chi connectivity index (χ1v) is 8.16. The van der Waals surface area contributed by atoms with Crippen molar-refractivity contribution in [2.75, 3.05) is 24.6 Å². The number of nitrogens with zero attached hydrogens (tertiary/aromatic N) is 3. The van der Waals surface area contributed by atoms with Crippen LogP contribution >= 0.6 is 0 Å². The monoisotopic (exact) mass is 331 g/mol. The molecule has 1 aromatic heterocycles. The zero-order chi connectivity index (χ0) is 17.1. The molecule has 7 nitrogen and oxygen atoms in total. The summed E-state index contributed by atoms with van der Waals surface area (Å²) in [5.74, 6) is -1.13. The Morgan fingerprint density at radius 2 is 2.25 bits per heavy atom. The lowest BCUT2D eigenvalue weighted by Gasteiger charge is -2.33. The van der Waals surface area contributed by atoms with Crippen LogP contribution in [0, 0.1) is 5.92 Å². The van der Waals surface area contributed by atoms with Gasteiger partial charge in [-0.25, -0.2) is 4.98 Å². The van der Waals surface area contributed by atoms with Gasteiger partial charge in [0.2, 0.25) is 0 Å². The van der Waals surface area contributed by atoms with Gasteiger partial charge in [-0.1, -0.05) is 0 Å². The molecule has 7 heteroatoms. The second-order valence-electron chi connectivity index (χ2n) is 5.98. The molecular weight excluding hydrogens is 310 g/mol. The Morgan fingerprint density at radius 3 is 3.00 bits per heavy atom. The van der Waals surface area contributed by atoms with E-state index in [0.717, 1.165) is 36.1 Å². The van der Waals surface area contributed by atoms with Crippen LogP contribution in [-0.2, 0) is 20.9 Å². The maximum absolute atomic E-state index is 12.0. The highest BCUT2D eigenvalue weighted by Gasteiger charge is 2.27. The van der Waals surface area contributed by atoms with Crippen molar-refractivity contribution in [2.45, 2.75) is 26.3 Å². The molecule has 3 rings (SSSR count). The number of imidazole rings is 1. The molecule has 1 aliphatic heterocycles. The van der Waals surface area contributed by atoms with E-state index >= 15 is 0 Å². The molecule has 0 radical (unpaired) electrons. The lowest BCUT2D eigenvalue weighted by atomic mass is 9.97. The minimum atomic E-state index is -0.897. The number of fused-ring (bicyclic) bond motifs is 1. The van der Waals surface area contributed by atoms with Gasteiger partial charge in [0, 0.05) is 18.8 Å². The van der Waals surface area contributed by atoms with Crippen molar-refractivity contribution in [3.8, 4) is 0 Å². The summed E-state index contributed by atoms with van der Waals surface area (Å²) in [5, 5.41) is 8.93. The number of rotatable bonds is 5. The molecule has 1 atom stereocenters. The average Bonchev–Trinajstić information content (AvgIpc) is 2.97. The fraction of sp³-hybridized carbons (Fsp3) is 0.471. The maximum atomic E-state index is 12.0. The number of hydrogen-bond donors (Lipinski definition) is 1. The number of esters is 1. The highest BCUT2D eigenvalue weighted by atomic mass is 16.5. The number of carbonyl (C=O) groups excluding carboxylic acids is 1. The smallest absolute Gasteiger partial charge is 0.323 e. The largest absolute Gasteiger partial charge is 0.480 e. The van der Waals surface area contributed by atoms with E-state index in [9.17, 15) is 9.59 Å². The van der Waals surface area contributed by atoms with Crippen LogP contribution in [0.15, 0.2) is 24.5 Å². The standard InChI is InChI=1S/C17H21N3O4/c1-2-24-17(23)12-4-3-7-19(9-12)13-5-6-15-14(8-13)18-11-20(15)10-16(21)22/h5-6,8,11-12H,2-4,7,9-10H2,1H3,(H,21,22). The topological polar surface area (TPSA) is 84.7 Å². The lowest BCUT2D eigenvalue weighted by Crippen LogP contribution is -2.39. The van der Waals surface area contributed by atoms with Crippen molar-refractivity contribution in [1.82, 2.24) is 9.55 Å². The SMILES string of the molecule is CCOC(=O)C1CCCN(c2ccc3c(c2)ncn3CC(=O)O)C1. The first-order valence-electron chi connectivity index (χ1n) is 8.16. The van der Waals surface area contributed by atoms with Crippen LogP contribution in [0.3, 0.4) is 0 Å². The Labute approximate surface area is 139 Å². The number of carboxylic acid groups (broad SMARTS) is 1. The predicted molar refractivity (Wildman–Crippen MR) is 88.9 cm³/mol. The third-order valence-corrected chi connectivity index (χ3v) is 4.32. The number of piperidine rings is 1. The van der Waals surface area contributed by atoms with E-state index < -0.39 is 5.97 Å². The summed E-state index contributed by atoms with van der Waals surface area (Å²) >= 11 is 0. The summed E-state index contributed by atoms with van der Waals surface area (Å²) in [6.45, 7) is 3.64. The molecule has 128 valence electrons. The first-order chi connectivity index (χ1) is 11.6. The Kier molecular flexibility index (Phi) is 4.69. The summed E-state index contributed by atoms with van der Waals surface area (Å²) in [5.41, 5.74) is 2.55. The van der Waals surface area contributed by atoms with Gasteiger partial charge in [0.05, 0.1) is 29.9 Å². The van der Waals surface area contributed by atoms with E-state index in [1.807, 2.05) is 25.1 Å². The van der Waals surface area contributed by atoms with Crippen LogP contribution in [-0.4, -0.2) is 46.3 Å². The summed E-state index contributed by atoms with van der Waals surface area (Å²) in [7, 11) is 0. The number of hydrogen-bond acceptors (Lipinski definition) is 5. The zero-order valence-electron chi connectivity index (χ0n) is 13.6. The van der Waals surface area contributed by atoms with Crippen LogP contribution in [0.5, 0.6) is 0 Å². The Bertz CT molecular complexity index is 755. The molecule has 0 aliphatic carbocycles. The van der Waals surface area contributed by atoms with E-state index in [1.165, 1.54) is 0 Å². The number of anilines is 1. The molecule has 1 aromatic carbocycles. The van der Waals surface area contributed by atoms with Crippen LogP contribution in [0.4, 0.5) is 5.69 Å². The Hall–Kier alpha value is -2.57. The molecule has 1 saturated heterocycles. The van der Waals surface area contributed by atoms with Gasteiger partial charge >= 0.3 is 11.9 Å². The van der Waals surface area contributed by atoms with E-state index in [2.05, 4.69) is 9.88 Å². The van der Waals surface area contributed by atoms with Crippen molar-refractivity contribution in [2.24, 2.45) is 5.92 Å². The van der Waals surface area contributed by atoms with Crippen molar-refractivity contribution in [3.05, 3.63) is 24.5 Å². The van der Waals surface area contributed by atoms with E-state index in [-0.39, 0.29) is 18.4 Å². The third-order valence-electron chi connectivity index (χ3n) is 4.32. The first kappa shape index (κ1) is 16.3. The van der Waals surface area contributed by atoms with Gasteiger partial charge in [-0.05, 0) is 38.0 Å². The third kappa shape index (κ3) is 3.34. The number of aliphatic carboxylic acids is 1. The molecule has 0 amide bonds. The molecule has 0 spiro atoms. The molecule has 1 N–H and O–H groups in total. The minimum Gasteiger partial charge on any atom is -0.480 e. The normalized spacial score (nSPS) is 17.9. The van der Waals surface area contributed by atoms with E-state index in [0.29, 0.717) is 13.2 Å². The number of benzene rings is 1.